The fraction of sp³-hybridized carbons (Fsp3) is 0.143. The Morgan fingerprint density at radius 1 is 0.938 bits per heavy atom. The highest BCUT2D eigenvalue weighted by molar-refractivity contribution is 5.71. The maximum absolute atomic E-state index is 14.0. The Balaban J connectivity index is 2.66. The summed E-state index contributed by atoms with van der Waals surface area (Å²) >= 11 is 0. The lowest BCUT2D eigenvalue weighted by Crippen LogP contribution is -1.96. The Morgan fingerprint density at radius 2 is 1.62 bits per heavy atom. The van der Waals surface area contributed by atoms with Gasteiger partial charge in [-0.1, -0.05) is 24.3 Å². The maximum Gasteiger partial charge on any atom is 0.135 e. The van der Waals surface area contributed by atoms with Gasteiger partial charge in [-0.05, 0) is 37.1 Å². The summed E-state index contributed by atoms with van der Waals surface area (Å²) in [5.41, 5.74) is 9.27. The summed E-state index contributed by atoms with van der Waals surface area (Å²) in [6.07, 6.45) is 0. The molecular weight excluding hydrogens is 201 g/mol. The van der Waals surface area contributed by atoms with Gasteiger partial charge in [-0.25, -0.2) is 4.39 Å². The molecule has 0 atom stereocenters. The maximum atomic E-state index is 14.0. The van der Waals surface area contributed by atoms with Gasteiger partial charge >= 0.3 is 0 Å². The van der Waals surface area contributed by atoms with Gasteiger partial charge in [0.05, 0.1) is 0 Å². The van der Waals surface area contributed by atoms with Crippen molar-refractivity contribution in [1.82, 2.24) is 0 Å². The van der Waals surface area contributed by atoms with Crippen LogP contribution in [0.15, 0.2) is 36.4 Å². The van der Waals surface area contributed by atoms with Crippen LogP contribution in [0.5, 0.6) is 0 Å². The molecule has 0 aromatic heterocycles. The topological polar surface area (TPSA) is 26.0 Å². The number of anilines is 1. The molecule has 2 aromatic rings. The van der Waals surface area contributed by atoms with Crippen molar-refractivity contribution in [3.05, 3.63) is 53.3 Å². The van der Waals surface area contributed by atoms with Crippen LogP contribution in [0.4, 0.5) is 10.1 Å². The second-order valence-electron chi connectivity index (χ2n) is 3.96. The minimum atomic E-state index is -0.227. The first-order chi connectivity index (χ1) is 7.61. The number of hydrogen-bond acceptors (Lipinski definition) is 1. The molecule has 2 rings (SSSR count). The molecular formula is C14H14FN. The van der Waals surface area contributed by atoms with Gasteiger partial charge in [-0.3, -0.25) is 0 Å². The van der Waals surface area contributed by atoms with E-state index in [1.165, 1.54) is 0 Å². The van der Waals surface area contributed by atoms with Gasteiger partial charge in [0.15, 0.2) is 0 Å². The van der Waals surface area contributed by atoms with Gasteiger partial charge in [0.25, 0.3) is 0 Å². The van der Waals surface area contributed by atoms with Crippen molar-refractivity contribution in [2.24, 2.45) is 0 Å². The van der Waals surface area contributed by atoms with Crippen molar-refractivity contribution in [1.29, 1.82) is 0 Å². The van der Waals surface area contributed by atoms with Gasteiger partial charge in [0.1, 0.15) is 5.82 Å². The van der Waals surface area contributed by atoms with E-state index in [-0.39, 0.29) is 5.82 Å². The summed E-state index contributed by atoms with van der Waals surface area (Å²) in [6, 6.07) is 11.2. The van der Waals surface area contributed by atoms with E-state index < -0.39 is 0 Å². The highest BCUT2D eigenvalue weighted by Gasteiger charge is 2.10. The zero-order valence-corrected chi connectivity index (χ0v) is 9.42. The number of hydrogen-bond donors (Lipinski definition) is 1. The molecule has 0 saturated heterocycles. The Bertz CT molecular complexity index is 532. The first kappa shape index (κ1) is 10.7. The number of nitrogens with two attached hydrogens (primary N) is 1. The molecule has 0 spiro atoms. The smallest absolute Gasteiger partial charge is 0.135 e. The molecule has 0 saturated carbocycles. The SMILES string of the molecule is Cc1ccccc1-c1ccc(N)c(C)c1F. The number of aryl methyl sites for hydroxylation is 1. The van der Waals surface area contributed by atoms with Crippen molar-refractivity contribution >= 4 is 5.69 Å². The molecule has 0 bridgehead atoms. The van der Waals surface area contributed by atoms with E-state index in [1.807, 2.05) is 31.2 Å². The van der Waals surface area contributed by atoms with E-state index in [9.17, 15) is 4.39 Å². The van der Waals surface area contributed by atoms with Crippen LogP contribution in [0.3, 0.4) is 0 Å². The van der Waals surface area contributed by atoms with Gasteiger partial charge in [0.2, 0.25) is 0 Å². The van der Waals surface area contributed by atoms with Crippen molar-refractivity contribution < 1.29 is 4.39 Å². The first-order valence-electron chi connectivity index (χ1n) is 5.22. The fourth-order valence-electron chi connectivity index (χ4n) is 1.78. The molecule has 0 aliphatic carbocycles. The minimum Gasteiger partial charge on any atom is -0.398 e. The van der Waals surface area contributed by atoms with E-state index in [1.54, 1.807) is 19.1 Å². The average molecular weight is 215 g/mol. The van der Waals surface area contributed by atoms with Crippen molar-refractivity contribution in [3.63, 3.8) is 0 Å². The van der Waals surface area contributed by atoms with Crippen LogP contribution >= 0.6 is 0 Å². The van der Waals surface area contributed by atoms with E-state index in [2.05, 4.69) is 0 Å². The van der Waals surface area contributed by atoms with E-state index in [0.717, 1.165) is 11.1 Å². The van der Waals surface area contributed by atoms with E-state index in [4.69, 9.17) is 5.73 Å². The molecule has 0 unspecified atom stereocenters. The second kappa shape index (κ2) is 3.97. The molecule has 0 aliphatic rings. The van der Waals surface area contributed by atoms with Crippen LogP contribution in [0.2, 0.25) is 0 Å². The molecule has 0 heterocycles. The van der Waals surface area contributed by atoms with Crippen molar-refractivity contribution in [2.45, 2.75) is 13.8 Å². The highest BCUT2D eigenvalue weighted by Crippen LogP contribution is 2.29. The molecule has 0 fully saturated rings. The predicted molar refractivity (Wildman–Crippen MR) is 65.7 cm³/mol. The Labute approximate surface area is 94.7 Å². The third-order valence-corrected chi connectivity index (χ3v) is 2.86. The lowest BCUT2D eigenvalue weighted by molar-refractivity contribution is 0.623. The number of halogens is 1. The molecule has 16 heavy (non-hydrogen) atoms. The predicted octanol–water partition coefficient (Wildman–Crippen LogP) is 3.69. The average Bonchev–Trinajstić information content (AvgIpc) is 2.28. The Hall–Kier alpha value is -1.83. The van der Waals surface area contributed by atoms with Gasteiger partial charge in [0, 0.05) is 16.8 Å². The summed E-state index contributed by atoms with van der Waals surface area (Å²) in [5.74, 6) is -0.227. The first-order valence-corrected chi connectivity index (χ1v) is 5.22. The summed E-state index contributed by atoms with van der Waals surface area (Å²) in [4.78, 5) is 0. The van der Waals surface area contributed by atoms with Crippen LogP contribution in [0.25, 0.3) is 11.1 Å². The summed E-state index contributed by atoms with van der Waals surface area (Å²) in [6.45, 7) is 3.67. The lowest BCUT2D eigenvalue weighted by atomic mass is 9.98. The normalized spacial score (nSPS) is 10.4. The zero-order chi connectivity index (χ0) is 11.7. The summed E-state index contributed by atoms with van der Waals surface area (Å²) in [7, 11) is 0. The third-order valence-electron chi connectivity index (χ3n) is 2.86. The number of rotatable bonds is 1. The fourth-order valence-corrected chi connectivity index (χ4v) is 1.78. The standard InChI is InChI=1S/C14H14FN/c1-9-5-3-4-6-11(9)12-7-8-13(16)10(2)14(12)15/h3-8H,16H2,1-2H3. The van der Waals surface area contributed by atoms with Gasteiger partial charge in [-0.2, -0.15) is 0 Å². The molecule has 0 amide bonds. The highest BCUT2D eigenvalue weighted by atomic mass is 19.1. The van der Waals surface area contributed by atoms with E-state index >= 15 is 0 Å². The second-order valence-corrected chi connectivity index (χ2v) is 3.96. The minimum absolute atomic E-state index is 0.227. The van der Waals surface area contributed by atoms with Crippen LogP contribution in [-0.2, 0) is 0 Å². The van der Waals surface area contributed by atoms with Crippen LogP contribution in [0, 0.1) is 19.7 Å². The van der Waals surface area contributed by atoms with Gasteiger partial charge < -0.3 is 5.73 Å². The van der Waals surface area contributed by atoms with Crippen LogP contribution in [-0.4, -0.2) is 0 Å². The Morgan fingerprint density at radius 3 is 2.31 bits per heavy atom. The summed E-state index contributed by atoms with van der Waals surface area (Å²) < 4.78 is 14.0. The summed E-state index contributed by atoms with van der Waals surface area (Å²) in [5, 5.41) is 0. The number of benzene rings is 2. The quantitative estimate of drug-likeness (QED) is 0.721. The molecule has 0 radical (unpaired) electrons. The third kappa shape index (κ3) is 1.67. The molecule has 0 aliphatic heterocycles. The van der Waals surface area contributed by atoms with Crippen LogP contribution in [0.1, 0.15) is 11.1 Å². The zero-order valence-electron chi connectivity index (χ0n) is 9.42. The lowest BCUT2D eigenvalue weighted by Gasteiger charge is -2.10. The molecule has 1 nitrogen and oxygen atoms in total. The Kier molecular flexibility index (Phi) is 2.65. The largest absolute Gasteiger partial charge is 0.398 e. The molecule has 2 aromatic carbocycles. The van der Waals surface area contributed by atoms with Gasteiger partial charge in [-0.15, -0.1) is 0 Å². The molecule has 2 heteroatoms. The molecule has 2 N–H and O–H groups in total. The molecule has 82 valence electrons. The van der Waals surface area contributed by atoms with Crippen molar-refractivity contribution in [3.8, 4) is 11.1 Å². The van der Waals surface area contributed by atoms with E-state index in [0.29, 0.717) is 16.8 Å². The van der Waals surface area contributed by atoms with Crippen molar-refractivity contribution in [2.75, 3.05) is 5.73 Å². The number of nitrogen functional groups attached to an aromatic ring is 1. The monoisotopic (exact) mass is 215 g/mol. The van der Waals surface area contributed by atoms with Crippen LogP contribution < -0.4 is 5.73 Å².